The second-order valence-electron chi connectivity index (χ2n) is 7.88. The second kappa shape index (κ2) is 7.71. The monoisotopic (exact) mass is 399 g/mol. The van der Waals surface area contributed by atoms with Crippen LogP contribution in [0.15, 0.2) is 67.1 Å². The summed E-state index contributed by atoms with van der Waals surface area (Å²) in [6.07, 6.45) is 5.05. The third kappa shape index (κ3) is 3.34. The summed E-state index contributed by atoms with van der Waals surface area (Å²) >= 11 is 0. The molecule has 6 heteroatoms. The van der Waals surface area contributed by atoms with E-state index in [2.05, 4.69) is 38.5 Å². The number of rotatable bonds is 4. The molecule has 152 valence electrons. The average molecular weight is 399 g/mol. The van der Waals surface area contributed by atoms with Gasteiger partial charge < -0.3 is 20.2 Å². The van der Waals surface area contributed by atoms with Crippen LogP contribution in [0.4, 0.5) is 4.79 Å². The molecule has 4 aromatic rings. The molecule has 1 aliphatic rings. The van der Waals surface area contributed by atoms with Crippen LogP contribution in [0.3, 0.4) is 0 Å². The molecular formula is C24H25N5O. The number of hydrogen-bond acceptors (Lipinski definition) is 2. The Balaban J connectivity index is 1.46. The molecule has 0 spiro atoms. The van der Waals surface area contributed by atoms with Gasteiger partial charge in [-0.1, -0.05) is 48.5 Å². The fraction of sp³-hybridized carbons (Fsp3) is 0.250. The van der Waals surface area contributed by atoms with Crippen molar-refractivity contribution < 1.29 is 4.79 Å². The third-order valence-electron chi connectivity index (χ3n) is 6.03. The lowest BCUT2D eigenvalue weighted by atomic mass is 9.94. The smallest absolute Gasteiger partial charge is 0.318 e. The van der Waals surface area contributed by atoms with Crippen molar-refractivity contribution in [2.75, 3.05) is 6.54 Å². The van der Waals surface area contributed by atoms with Crippen molar-refractivity contribution in [1.29, 1.82) is 0 Å². The number of H-pyrrole nitrogens is 2. The second-order valence-corrected chi connectivity index (χ2v) is 7.88. The Morgan fingerprint density at radius 2 is 2.00 bits per heavy atom. The Hall–Kier alpha value is -3.54. The van der Waals surface area contributed by atoms with E-state index in [-0.39, 0.29) is 18.1 Å². The summed E-state index contributed by atoms with van der Waals surface area (Å²) in [6.45, 7) is 2.70. The Kier molecular flexibility index (Phi) is 4.75. The number of benzene rings is 2. The van der Waals surface area contributed by atoms with Gasteiger partial charge in [-0.25, -0.2) is 9.78 Å². The molecular weight excluding hydrogens is 374 g/mol. The van der Waals surface area contributed by atoms with Crippen molar-refractivity contribution in [3.8, 4) is 0 Å². The maximum atomic E-state index is 13.3. The fourth-order valence-electron chi connectivity index (χ4n) is 4.47. The van der Waals surface area contributed by atoms with Crippen molar-refractivity contribution in [2.45, 2.75) is 31.8 Å². The summed E-state index contributed by atoms with van der Waals surface area (Å²) in [7, 11) is 0. The topological polar surface area (TPSA) is 76.8 Å². The van der Waals surface area contributed by atoms with E-state index in [1.165, 1.54) is 10.9 Å². The number of hydrogen-bond donors (Lipinski definition) is 3. The van der Waals surface area contributed by atoms with Gasteiger partial charge in [0.2, 0.25) is 0 Å². The van der Waals surface area contributed by atoms with Crippen molar-refractivity contribution in [2.24, 2.45) is 0 Å². The van der Waals surface area contributed by atoms with E-state index in [0.29, 0.717) is 13.0 Å². The molecule has 2 aromatic carbocycles. The van der Waals surface area contributed by atoms with E-state index in [4.69, 9.17) is 0 Å². The van der Waals surface area contributed by atoms with Gasteiger partial charge in [0.1, 0.15) is 0 Å². The van der Waals surface area contributed by atoms with Crippen LogP contribution < -0.4 is 5.32 Å². The van der Waals surface area contributed by atoms with Crippen LogP contribution in [0, 0.1) is 0 Å². The standard InChI is InChI=1S/C24H25N5O/c1-16(17-7-3-2-4-8-17)27-24(30)29-12-11-20-19-9-5-6-10-21(19)28-23(20)22(29)13-18-14-25-15-26-18/h2-10,14-16,22,28H,11-13H2,1H3,(H,25,26)(H,27,30)/t16-,22+/m0/s1. The molecule has 0 saturated heterocycles. The van der Waals surface area contributed by atoms with Crippen LogP contribution in [-0.4, -0.2) is 32.4 Å². The summed E-state index contributed by atoms with van der Waals surface area (Å²) < 4.78 is 0. The molecule has 1 aliphatic heterocycles. The Morgan fingerprint density at radius 1 is 1.20 bits per heavy atom. The minimum absolute atomic E-state index is 0.0415. The number of imidazole rings is 1. The molecule has 2 atom stereocenters. The molecule has 30 heavy (non-hydrogen) atoms. The molecule has 2 amide bonds. The third-order valence-corrected chi connectivity index (χ3v) is 6.03. The molecule has 0 radical (unpaired) electrons. The number of nitrogens with zero attached hydrogens (tertiary/aromatic N) is 2. The number of para-hydroxylation sites is 1. The number of amides is 2. The maximum absolute atomic E-state index is 13.3. The molecule has 6 nitrogen and oxygen atoms in total. The Labute approximate surface area is 175 Å². The number of nitrogens with one attached hydrogen (secondary N) is 3. The van der Waals surface area contributed by atoms with Gasteiger partial charge in [-0.3, -0.25) is 0 Å². The van der Waals surface area contributed by atoms with Gasteiger partial charge in [-0.15, -0.1) is 0 Å². The first-order valence-corrected chi connectivity index (χ1v) is 10.4. The van der Waals surface area contributed by atoms with E-state index in [9.17, 15) is 4.79 Å². The van der Waals surface area contributed by atoms with Crippen LogP contribution in [-0.2, 0) is 12.8 Å². The minimum Gasteiger partial charge on any atom is -0.356 e. The number of carbonyl (C=O) groups excluding carboxylic acids is 1. The number of urea groups is 1. The van der Waals surface area contributed by atoms with Crippen LogP contribution in [0.2, 0.25) is 0 Å². The van der Waals surface area contributed by atoms with Crippen molar-refractivity contribution in [1.82, 2.24) is 25.2 Å². The van der Waals surface area contributed by atoms with Gasteiger partial charge >= 0.3 is 6.03 Å². The van der Waals surface area contributed by atoms with Gasteiger partial charge in [-0.05, 0) is 30.5 Å². The summed E-state index contributed by atoms with van der Waals surface area (Å²) in [5.74, 6) is 0. The number of fused-ring (bicyclic) bond motifs is 3. The average Bonchev–Trinajstić information content (AvgIpc) is 3.42. The van der Waals surface area contributed by atoms with Gasteiger partial charge in [0.25, 0.3) is 0 Å². The van der Waals surface area contributed by atoms with Gasteiger partial charge in [-0.2, -0.15) is 0 Å². The van der Waals surface area contributed by atoms with Crippen LogP contribution in [0.5, 0.6) is 0 Å². The lowest BCUT2D eigenvalue weighted by Gasteiger charge is -2.36. The van der Waals surface area contributed by atoms with Gasteiger partial charge in [0.05, 0.1) is 18.4 Å². The lowest BCUT2D eigenvalue weighted by molar-refractivity contribution is 0.164. The zero-order valence-electron chi connectivity index (χ0n) is 16.9. The zero-order chi connectivity index (χ0) is 20.5. The minimum atomic E-state index is -0.0791. The normalized spacial score (nSPS) is 17.0. The number of aromatic nitrogens is 3. The molecule has 3 heterocycles. The molecule has 2 aromatic heterocycles. The maximum Gasteiger partial charge on any atom is 0.318 e. The van der Waals surface area contributed by atoms with E-state index in [1.54, 1.807) is 6.33 Å². The summed E-state index contributed by atoms with van der Waals surface area (Å²) in [5, 5.41) is 4.44. The zero-order valence-corrected chi connectivity index (χ0v) is 16.9. The molecule has 5 rings (SSSR count). The van der Waals surface area contributed by atoms with Crippen LogP contribution >= 0.6 is 0 Å². The summed E-state index contributed by atoms with van der Waals surface area (Å²) in [5.41, 5.74) is 5.67. The highest BCUT2D eigenvalue weighted by Gasteiger charge is 2.34. The highest BCUT2D eigenvalue weighted by molar-refractivity contribution is 5.86. The summed E-state index contributed by atoms with van der Waals surface area (Å²) in [6, 6.07) is 18.3. The predicted octanol–water partition coefficient (Wildman–Crippen LogP) is 4.50. The van der Waals surface area contributed by atoms with E-state index < -0.39 is 0 Å². The van der Waals surface area contributed by atoms with Gasteiger partial charge in [0, 0.05) is 41.5 Å². The summed E-state index contributed by atoms with van der Waals surface area (Å²) in [4.78, 5) is 26.2. The Bertz CT molecular complexity index is 1150. The fourth-order valence-corrected chi connectivity index (χ4v) is 4.47. The van der Waals surface area contributed by atoms with Gasteiger partial charge in [0.15, 0.2) is 0 Å². The SMILES string of the molecule is C[C@H](NC(=O)N1CCc2c([nH]c3ccccc23)[C@H]1Cc1cnc[nH]1)c1ccccc1. The molecule has 0 aliphatic carbocycles. The number of aromatic amines is 2. The lowest BCUT2D eigenvalue weighted by Crippen LogP contribution is -2.47. The molecule has 0 saturated carbocycles. The van der Waals surface area contributed by atoms with Crippen LogP contribution in [0.1, 0.15) is 41.5 Å². The first-order valence-electron chi connectivity index (χ1n) is 10.4. The first kappa shape index (κ1) is 18.5. The number of carbonyl (C=O) groups is 1. The molecule has 0 fully saturated rings. The van der Waals surface area contributed by atoms with Crippen molar-refractivity contribution in [3.05, 3.63) is 89.6 Å². The first-order chi connectivity index (χ1) is 14.7. The van der Waals surface area contributed by atoms with E-state index >= 15 is 0 Å². The Morgan fingerprint density at radius 3 is 2.80 bits per heavy atom. The molecule has 3 N–H and O–H groups in total. The van der Waals surface area contributed by atoms with E-state index in [1.807, 2.05) is 54.4 Å². The van der Waals surface area contributed by atoms with Crippen LogP contribution in [0.25, 0.3) is 10.9 Å². The van der Waals surface area contributed by atoms with E-state index in [0.717, 1.165) is 28.9 Å². The van der Waals surface area contributed by atoms with Crippen molar-refractivity contribution >= 4 is 16.9 Å². The molecule has 0 bridgehead atoms. The quantitative estimate of drug-likeness (QED) is 0.472. The predicted molar refractivity (Wildman–Crippen MR) is 117 cm³/mol. The largest absolute Gasteiger partial charge is 0.356 e. The molecule has 0 unspecified atom stereocenters. The highest BCUT2D eigenvalue weighted by Crippen LogP contribution is 2.36. The van der Waals surface area contributed by atoms with Crippen molar-refractivity contribution in [3.63, 3.8) is 0 Å². The highest BCUT2D eigenvalue weighted by atomic mass is 16.2.